The molecule has 2 aromatic rings. The van der Waals surface area contributed by atoms with Crippen molar-refractivity contribution < 1.29 is 14.6 Å². The maximum absolute atomic E-state index is 12.4. The molecule has 0 saturated heterocycles. The van der Waals surface area contributed by atoms with Crippen LogP contribution in [-0.4, -0.2) is 18.1 Å². The summed E-state index contributed by atoms with van der Waals surface area (Å²) in [5.41, 5.74) is 2.74. The van der Waals surface area contributed by atoms with Crippen LogP contribution in [0.3, 0.4) is 0 Å². The molecule has 0 radical (unpaired) electrons. The molecule has 0 bridgehead atoms. The van der Waals surface area contributed by atoms with E-state index in [0.717, 1.165) is 5.56 Å². The number of anilines is 1. The molecule has 2 aromatic carbocycles. The number of phenolic OH excluding ortho intramolecular Hbond substituents is 1. The predicted molar refractivity (Wildman–Crippen MR) is 102 cm³/mol. The second-order valence-electron chi connectivity index (χ2n) is 5.72. The van der Waals surface area contributed by atoms with Gasteiger partial charge in [-0.15, -0.1) is 6.58 Å². The van der Waals surface area contributed by atoms with Crippen molar-refractivity contribution in [1.29, 1.82) is 5.26 Å². The Morgan fingerprint density at radius 3 is 2.77 bits per heavy atom. The first kappa shape index (κ1) is 18.8. The van der Waals surface area contributed by atoms with Crippen molar-refractivity contribution >= 4 is 17.7 Å². The second kappa shape index (κ2) is 8.54. The third-order valence-corrected chi connectivity index (χ3v) is 3.71. The van der Waals surface area contributed by atoms with E-state index < -0.39 is 5.91 Å². The lowest BCUT2D eigenvalue weighted by molar-refractivity contribution is -0.112. The van der Waals surface area contributed by atoms with Crippen molar-refractivity contribution in [2.24, 2.45) is 0 Å². The van der Waals surface area contributed by atoms with Crippen LogP contribution in [0.15, 0.2) is 54.6 Å². The number of nitrogens with one attached hydrogen (secondary N) is 1. The monoisotopic (exact) mass is 348 g/mol. The van der Waals surface area contributed by atoms with Crippen molar-refractivity contribution in [3.05, 3.63) is 71.3 Å². The zero-order valence-corrected chi connectivity index (χ0v) is 14.7. The maximum atomic E-state index is 12.4. The fraction of sp³-hybridized carbons (Fsp3) is 0.143. The molecule has 2 rings (SSSR count). The third kappa shape index (κ3) is 4.52. The normalized spacial score (nSPS) is 10.7. The Morgan fingerprint density at radius 2 is 2.15 bits per heavy atom. The Labute approximate surface area is 152 Å². The van der Waals surface area contributed by atoms with E-state index in [1.54, 1.807) is 24.3 Å². The molecule has 132 valence electrons. The highest BCUT2D eigenvalue weighted by Crippen LogP contribution is 2.32. The Kier molecular flexibility index (Phi) is 6.18. The molecule has 0 aliphatic rings. The van der Waals surface area contributed by atoms with Gasteiger partial charge < -0.3 is 15.2 Å². The zero-order chi connectivity index (χ0) is 19.1. The van der Waals surface area contributed by atoms with Crippen LogP contribution in [0, 0.1) is 18.3 Å². The highest BCUT2D eigenvalue weighted by Gasteiger charge is 2.13. The minimum absolute atomic E-state index is 0.0206. The number of hydrogen-bond donors (Lipinski definition) is 2. The average Bonchev–Trinajstić information content (AvgIpc) is 2.62. The SMILES string of the molecule is C=CCc1cc(/C=C(\C#N)C(=O)Nc2cccc(C)c2)cc(OC)c1O. The Hall–Kier alpha value is -3.52. The summed E-state index contributed by atoms with van der Waals surface area (Å²) < 4.78 is 5.16. The van der Waals surface area contributed by atoms with E-state index in [2.05, 4.69) is 11.9 Å². The number of amides is 1. The van der Waals surface area contributed by atoms with Crippen LogP contribution in [-0.2, 0) is 11.2 Å². The molecule has 2 N–H and O–H groups in total. The van der Waals surface area contributed by atoms with E-state index in [1.807, 2.05) is 31.2 Å². The lowest BCUT2D eigenvalue weighted by Gasteiger charge is -2.10. The van der Waals surface area contributed by atoms with Crippen molar-refractivity contribution in [3.63, 3.8) is 0 Å². The van der Waals surface area contributed by atoms with Gasteiger partial charge in [0.25, 0.3) is 5.91 Å². The van der Waals surface area contributed by atoms with E-state index in [-0.39, 0.29) is 17.1 Å². The molecule has 0 fully saturated rings. The highest BCUT2D eigenvalue weighted by molar-refractivity contribution is 6.09. The lowest BCUT2D eigenvalue weighted by Crippen LogP contribution is -2.13. The smallest absolute Gasteiger partial charge is 0.266 e. The molecule has 0 heterocycles. The van der Waals surface area contributed by atoms with Crippen molar-refractivity contribution in [2.45, 2.75) is 13.3 Å². The van der Waals surface area contributed by atoms with Gasteiger partial charge in [0.15, 0.2) is 11.5 Å². The maximum Gasteiger partial charge on any atom is 0.266 e. The van der Waals surface area contributed by atoms with Gasteiger partial charge in [0.05, 0.1) is 7.11 Å². The number of nitriles is 1. The molecule has 5 heteroatoms. The number of aromatic hydroxyl groups is 1. The van der Waals surface area contributed by atoms with E-state index >= 15 is 0 Å². The van der Waals surface area contributed by atoms with Crippen LogP contribution in [0.4, 0.5) is 5.69 Å². The largest absolute Gasteiger partial charge is 0.504 e. The van der Waals surface area contributed by atoms with E-state index in [4.69, 9.17) is 4.74 Å². The van der Waals surface area contributed by atoms with Gasteiger partial charge in [-0.1, -0.05) is 18.2 Å². The molecule has 0 spiro atoms. The molecule has 0 aliphatic heterocycles. The number of aryl methyl sites for hydroxylation is 1. The topological polar surface area (TPSA) is 82.4 Å². The predicted octanol–water partition coefficient (Wildman–Crippen LogP) is 3.98. The molecular formula is C21H20N2O3. The number of allylic oxidation sites excluding steroid dienone is 1. The Balaban J connectivity index is 2.35. The summed E-state index contributed by atoms with van der Waals surface area (Å²) in [6.07, 6.45) is 3.54. The minimum Gasteiger partial charge on any atom is -0.504 e. The van der Waals surface area contributed by atoms with Gasteiger partial charge >= 0.3 is 0 Å². The molecular weight excluding hydrogens is 328 g/mol. The first-order valence-corrected chi connectivity index (χ1v) is 7.99. The number of carbonyl (C=O) groups excluding carboxylic acids is 1. The highest BCUT2D eigenvalue weighted by atomic mass is 16.5. The molecule has 0 unspecified atom stereocenters. The fourth-order valence-corrected chi connectivity index (χ4v) is 2.48. The number of phenols is 1. The van der Waals surface area contributed by atoms with Gasteiger partial charge in [0.1, 0.15) is 11.6 Å². The summed E-state index contributed by atoms with van der Waals surface area (Å²) in [6, 6.07) is 12.5. The van der Waals surface area contributed by atoms with E-state index in [9.17, 15) is 15.2 Å². The summed E-state index contributed by atoms with van der Waals surface area (Å²) in [5.74, 6) is -0.213. The van der Waals surface area contributed by atoms with Gasteiger partial charge in [-0.05, 0) is 54.8 Å². The number of hydrogen-bond acceptors (Lipinski definition) is 4. The number of benzene rings is 2. The van der Waals surface area contributed by atoms with E-state index in [1.165, 1.54) is 13.2 Å². The fourth-order valence-electron chi connectivity index (χ4n) is 2.48. The van der Waals surface area contributed by atoms with Crippen LogP contribution in [0.5, 0.6) is 11.5 Å². The zero-order valence-electron chi connectivity index (χ0n) is 14.7. The molecule has 0 atom stereocenters. The number of ether oxygens (including phenoxy) is 1. The van der Waals surface area contributed by atoms with Gasteiger partial charge in [0.2, 0.25) is 0 Å². The molecule has 1 amide bonds. The number of rotatable bonds is 6. The second-order valence-corrected chi connectivity index (χ2v) is 5.72. The molecule has 5 nitrogen and oxygen atoms in total. The van der Waals surface area contributed by atoms with Crippen LogP contribution < -0.4 is 10.1 Å². The summed E-state index contributed by atoms with van der Waals surface area (Å²) in [7, 11) is 1.44. The van der Waals surface area contributed by atoms with E-state index in [0.29, 0.717) is 23.2 Å². The first-order valence-electron chi connectivity index (χ1n) is 7.99. The van der Waals surface area contributed by atoms with Gasteiger partial charge in [-0.2, -0.15) is 5.26 Å². The first-order chi connectivity index (χ1) is 12.5. The molecule has 0 aromatic heterocycles. The summed E-state index contributed by atoms with van der Waals surface area (Å²) >= 11 is 0. The van der Waals surface area contributed by atoms with Crippen molar-refractivity contribution in [2.75, 3.05) is 12.4 Å². The summed E-state index contributed by atoms with van der Waals surface area (Å²) in [5, 5.41) is 22.2. The third-order valence-electron chi connectivity index (χ3n) is 3.71. The molecule has 0 aliphatic carbocycles. The Bertz CT molecular complexity index is 908. The van der Waals surface area contributed by atoms with Crippen LogP contribution in [0.1, 0.15) is 16.7 Å². The summed E-state index contributed by atoms with van der Waals surface area (Å²) in [4.78, 5) is 12.4. The minimum atomic E-state index is -0.504. The van der Waals surface area contributed by atoms with Gasteiger partial charge in [0, 0.05) is 11.3 Å². The molecule has 0 saturated carbocycles. The van der Waals surface area contributed by atoms with Crippen molar-refractivity contribution in [3.8, 4) is 17.6 Å². The van der Waals surface area contributed by atoms with Gasteiger partial charge in [-0.3, -0.25) is 4.79 Å². The van der Waals surface area contributed by atoms with Crippen LogP contribution in [0.25, 0.3) is 6.08 Å². The Morgan fingerprint density at radius 1 is 1.38 bits per heavy atom. The van der Waals surface area contributed by atoms with Crippen molar-refractivity contribution in [1.82, 2.24) is 0 Å². The quantitative estimate of drug-likeness (QED) is 0.470. The number of methoxy groups -OCH3 is 1. The summed E-state index contributed by atoms with van der Waals surface area (Å²) in [6.45, 7) is 5.57. The standard InChI is InChI=1S/C21H20N2O3/c1-4-6-16-10-15(12-19(26-3)20(16)24)11-17(13-22)21(25)23-18-8-5-7-14(2)9-18/h4-5,7-12,24H,1,6H2,2-3H3,(H,23,25)/b17-11+. The van der Waals surface area contributed by atoms with Crippen LogP contribution in [0.2, 0.25) is 0 Å². The van der Waals surface area contributed by atoms with Gasteiger partial charge in [-0.25, -0.2) is 0 Å². The number of carbonyl (C=O) groups is 1. The number of nitrogens with zero attached hydrogens (tertiary/aromatic N) is 1. The lowest BCUT2D eigenvalue weighted by atomic mass is 10.0. The average molecular weight is 348 g/mol. The molecule has 26 heavy (non-hydrogen) atoms. The van der Waals surface area contributed by atoms with Crippen LogP contribution >= 0.6 is 0 Å².